The van der Waals surface area contributed by atoms with Gasteiger partial charge in [0.1, 0.15) is 0 Å². The van der Waals surface area contributed by atoms with Crippen LogP contribution in [0.2, 0.25) is 0 Å². The fraction of sp³-hybridized carbons (Fsp3) is 0.136. The quantitative estimate of drug-likeness (QED) is 0.574. The van der Waals surface area contributed by atoms with E-state index >= 15 is 0 Å². The summed E-state index contributed by atoms with van der Waals surface area (Å²) in [4.78, 5) is 35.9. The number of rotatable bonds is 7. The van der Waals surface area contributed by atoms with Crippen LogP contribution >= 0.6 is 0 Å². The van der Waals surface area contributed by atoms with Gasteiger partial charge in [-0.1, -0.05) is 18.2 Å². The standard InChI is InChI=1S/C22H21N3O4/c1-14-7-8-17(13-18(14)25-22(28)19-6-3-11-29-19)21(27)24-10-9-15-4-2-5-16(12-15)20(23)26/h2-8,11-13H,9-10H2,1H3,(H2,23,26)(H,24,27)(H,25,28). The summed E-state index contributed by atoms with van der Waals surface area (Å²) < 4.78 is 5.08. The van der Waals surface area contributed by atoms with Crippen LogP contribution in [0.25, 0.3) is 0 Å². The Labute approximate surface area is 167 Å². The van der Waals surface area contributed by atoms with E-state index in [9.17, 15) is 14.4 Å². The number of anilines is 1. The van der Waals surface area contributed by atoms with E-state index in [1.165, 1.54) is 6.26 Å². The highest BCUT2D eigenvalue weighted by molar-refractivity contribution is 6.04. The number of carbonyl (C=O) groups excluding carboxylic acids is 3. The van der Waals surface area contributed by atoms with Gasteiger partial charge < -0.3 is 20.8 Å². The van der Waals surface area contributed by atoms with Crippen molar-refractivity contribution in [2.45, 2.75) is 13.3 Å². The van der Waals surface area contributed by atoms with Gasteiger partial charge in [0, 0.05) is 23.4 Å². The number of hydrogen-bond acceptors (Lipinski definition) is 4. The number of amides is 3. The number of hydrogen-bond donors (Lipinski definition) is 3. The number of aryl methyl sites for hydroxylation is 1. The second-order valence-corrected chi connectivity index (χ2v) is 6.53. The summed E-state index contributed by atoms with van der Waals surface area (Å²) in [6, 6.07) is 15.3. The SMILES string of the molecule is Cc1ccc(C(=O)NCCc2cccc(C(N)=O)c2)cc1NC(=O)c1ccco1. The number of furan rings is 1. The van der Waals surface area contributed by atoms with Crippen molar-refractivity contribution in [3.8, 4) is 0 Å². The molecule has 4 N–H and O–H groups in total. The molecule has 148 valence electrons. The molecule has 0 aliphatic heterocycles. The minimum Gasteiger partial charge on any atom is -0.459 e. The van der Waals surface area contributed by atoms with E-state index in [4.69, 9.17) is 10.2 Å². The molecular weight excluding hydrogens is 370 g/mol. The largest absolute Gasteiger partial charge is 0.459 e. The Morgan fingerprint density at radius 1 is 0.966 bits per heavy atom. The molecule has 7 nitrogen and oxygen atoms in total. The zero-order valence-electron chi connectivity index (χ0n) is 15.9. The number of nitrogens with one attached hydrogen (secondary N) is 2. The summed E-state index contributed by atoms with van der Waals surface area (Å²) in [6.07, 6.45) is 1.98. The van der Waals surface area contributed by atoms with Gasteiger partial charge in [0.25, 0.3) is 11.8 Å². The van der Waals surface area contributed by atoms with Gasteiger partial charge in [-0.05, 0) is 60.9 Å². The van der Waals surface area contributed by atoms with Crippen LogP contribution in [0.3, 0.4) is 0 Å². The van der Waals surface area contributed by atoms with Crippen LogP contribution in [-0.2, 0) is 6.42 Å². The Kier molecular flexibility index (Phi) is 6.09. The molecular formula is C22H21N3O4. The van der Waals surface area contributed by atoms with Crippen molar-refractivity contribution in [1.82, 2.24) is 5.32 Å². The minimum absolute atomic E-state index is 0.192. The summed E-state index contributed by atoms with van der Waals surface area (Å²) in [5.41, 5.74) is 8.40. The molecule has 0 saturated heterocycles. The number of nitrogens with two attached hydrogens (primary N) is 1. The smallest absolute Gasteiger partial charge is 0.291 e. The van der Waals surface area contributed by atoms with Gasteiger partial charge in [-0.3, -0.25) is 14.4 Å². The summed E-state index contributed by atoms with van der Waals surface area (Å²) in [7, 11) is 0. The average molecular weight is 391 g/mol. The predicted octanol–water partition coefficient (Wildman–Crippen LogP) is 2.91. The monoisotopic (exact) mass is 391 g/mol. The highest BCUT2D eigenvalue weighted by Gasteiger charge is 2.13. The first-order valence-corrected chi connectivity index (χ1v) is 9.06. The number of benzene rings is 2. The fourth-order valence-corrected chi connectivity index (χ4v) is 2.79. The molecule has 0 aliphatic carbocycles. The molecule has 1 heterocycles. The van der Waals surface area contributed by atoms with Crippen LogP contribution in [0.1, 0.15) is 42.4 Å². The molecule has 2 aromatic carbocycles. The Morgan fingerprint density at radius 3 is 2.52 bits per heavy atom. The molecule has 3 rings (SSSR count). The third-order valence-electron chi connectivity index (χ3n) is 4.40. The predicted molar refractivity (Wildman–Crippen MR) is 109 cm³/mol. The van der Waals surface area contributed by atoms with E-state index < -0.39 is 5.91 Å². The fourth-order valence-electron chi connectivity index (χ4n) is 2.79. The molecule has 0 fully saturated rings. The van der Waals surface area contributed by atoms with E-state index in [1.807, 2.05) is 13.0 Å². The van der Waals surface area contributed by atoms with Crippen molar-refractivity contribution >= 4 is 23.4 Å². The molecule has 0 aliphatic rings. The average Bonchev–Trinajstić information content (AvgIpc) is 3.25. The normalized spacial score (nSPS) is 10.4. The van der Waals surface area contributed by atoms with Crippen LogP contribution in [0.4, 0.5) is 5.69 Å². The molecule has 3 aromatic rings. The molecule has 0 saturated carbocycles. The van der Waals surface area contributed by atoms with Gasteiger partial charge in [-0.2, -0.15) is 0 Å². The topological polar surface area (TPSA) is 114 Å². The maximum absolute atomic E-state index is 12.5. The van der Waals surface area contributed by atoms with Crippen LogP contribution in [0.5, 0.6) is 0 Å². The molecule has 0 atom stereocenters. The Hall–Kier alpha value is -3.87. The molecule has 0 radical (unpaired) electrons. The van der Waals surface area contributed by atoms with E-state index in [1.54, 1.807) is 48.5 Å². The lowest BCUT2D eigenvalue weighted by Crippen LogP contribution is -2.26. The van der Waals surface area contributed by atoms with Crippen molar-refractivity contribution in [3.63, 3.8) is 0 Å². The molecule has 3 amide bonds. The van der Waals surface area contributed by atoms with Crippen LogP contribution < -0.4 is 16.4 Å². The van der Waals surface area contributed by atoms with Crippen molar-refractivity contribution < 1.29 is 18.8 Å². The zero-order valence-corrected chi connectivity index (χ0v) is 15.9. The number of primary amides is 1. The maximum Gasteiger partial charge on any atom is 0.291 e. The van der Waals surface area contributed by atoms with Gasteiger partial charge in [0.05, 0.1) is 6.26 Å². The molecule has 1 aromatic heterocycles. The third-order valence-corrected chi connectivity index (χ3v) is 4.40. The Balaban J connectivity index is 1.61. The summed E-state index contributed by atoms with van der Waals surface area (Å²) in [6.45, 7) is 2.23. The maximum atomic E-state index is 12.5. The molecule has 0 bridgehead atoms. The Bertz CT molecular complexity index is 1040. The zero-order chi connectivity index (χ0) is 20.8. The molecule has 0 unspecified atom stereocenters. The van der Waals surface area contributed by atoms with Crippen molar-refractivity contribution in [2.24, 2.45) is 5.73 Å². The van der Waals surface area contributed by atoms with Crippen molar-refractivity contribution in [1.29, 1.82) is 0 Å². The second kappa shape index (κ2) is 8.88. The number of carbonyl (C=O) groups is 3. The first-order chi connectivity index (χ1) is 13.9. The van der Waals surface area contributed by atoms with Gasteiger partial charge in [-0.15, -0.1) is 0 Å². The van der Waals surface area contributed by atoms with Crippen LogP contribution in [0, 0.1) is 6.92 Å². The van der Waals surface area contributed by atoms with E-state index in [0.29, 0.717) is 29.8 Å². The lowest BCUT2D eigenvalue weighted by atomic mass is 10.1. The van der Waals surface area contributed by atoms with Crippen molar-refractivity contribution in [2.75, 3.05) is 11.9 Å². The van der Waals surface area contributed by atoms with Crippen molar-refractivity contribution in [3.05, 3.63) is 88.9 Å². The Morgan fingerprint density at radius 2 is 1.79 bits per heavy atom. The molecule has 7 heteroatoms. The van der Waals surface area contributed by atoms with Crippen LogP contribution in [-0.4, -0.2) is 24.3 Å². The second-order valence-electron chi connectivity index (χ2n) is 6.53. The van der Waals surface area contributed by atoms with E-state index in [0.717, 1.165) is 11.1 Å². The summed E-state index contributed by atoms with van der Waals surface area (Å²) >= 11 is 0. The minimum atomic E-state index is -0.486. The summed E-state index contributed by atoms with van der Waals surface area (Å²) in [5, 5.41) is 5.59. The lowest BCUT2D eigenvalue weighted by molar-refractivity contribution is 0.0950. The van der Waals surface area contributed by atoms with Gasteiger partial charge in [0.2, 0.25) is 5.91 Å². The van der Waals surface area contributed by atoms with Crippen LogP contribution in [0.15, 0.2) is 65.3 Å². The van der Waals surface area contributed by atoms with Gasteiger partial charge in [0.15, 0.2) is 5.76 Å². The first kappa shape index (κ1) is 19.9. The molecule has 29 heavy (non-hydrogen) atoms. The first-order valence-electron chi connectivity index (χ1n) is 9.06. The third kappa shape index (κ3) is 5.10. The van der Waals surface area contributed by atoms with E-state index in [-0.39, 0.29) is 17.6 Å². The van der Waals surface area contributed by atoms with E-state index in [2.05, 4.69) is 10.6 Å². The van der Waals surface area contributed by atoms with Gasteiger partial charge in [-0.25, -0.2) is 0 Å². The highest BCUT2D eigenvalue weighted by atomic mass is 16.3. The van der Waals surface area contributed by atoms with Gasteiger partial charge >= 0.3 is 0 Å². The summed E-state index contributed by atoms with van der Waals surface area (Å²) in [5.74, 6) is -0.938. The lowest BCUT2D eigenvalue weighted by Gasteiger charge is -2.11. The highest BCUT2D eigenvalue weighted by Crippen LogP contribution is 2.18. The molecule has 0 spiro atoms.